The molecule has 29 heavy (non-hydrogen) atoms. The molecule has 0 bridgehead atoms. The first-order valence-corrected chi connectivity index (χ1v) is 10.8. The molecule has 154 valence electrons. The van der Waals surface area contributed by atoms with Crippen molar-refractivity contribution in [2.24, 2.45) is 0 Å². The van der Waals surface area contributed by atoms with Gasteiger partial charge in [0.15, 0.2) is 0 Å². The van der Waals surface area contributed by atoms with E-state index in [1.54, 1.807) is 13.2 Å². The second-order valence-corrected chi connectivity index (χ2v) is 8.86. The van der Waals surface area contributed by atoms with E-state index in [0.29, 0.717) is 12.2 Å². The van der Waals surface area contributed by atoms with E-state index < -0.39 is 24.9 Å². The van der Waals surface area contributed by atoms with Crippen LogP contribution in [0.15, 0.2) is 66.2 Å². The lowest BCUT2D eigenvalue weighted by Crippen LogP contribution is -2.44. The van der Waals surface area contributed by atoms with Crippen molar-refractivity contribution >= 4 is 13.6 Å². The van der Waals surface area contributed by atoms with E-state index in [0.717, 1.165) is 11.1 Å². The zero-order chi connectivity index (χ0) is 21.1. The van der Waals surface area contributed by atoms with Crippen molar-refractivity contribution in [3.8, 4) is 5.75 Å². The minimum Gasteiger partial charge on any atom is -0.497 e. The summed E-state index contributed by atoms with van der Waals surface area (Å²) in [6.45, 7) is 1.94. The van der Waals surface area contributed by atoms with Crippen LogP contribution < -0.4 is 4.74 Å². The number of hydrogen-bond donors (Lipinski definition) is 0. The second kappa shape index (κ2) is 8.54. The Balaban J connectivity index is 2.24. The molecular formula is C22H25O6P. The third-order valence-corrected chi connectivity index (χ3v) is 7.22. The number of benzene rings is 2. The summed E-state index contributed by atoms with van der Waals surface area (Å²) in [6.07, 6.45) is 2.17. The Kier molecular flexibility index (Phi) is 6.27. The molecule has 1 aliphatic heterocycles. The Labute approximate surface area is 171 Å². The first kappa shape index (κ1) is 21.3. The van der Waals surface area contributed by atoms with E-state index in [1.165, 1.54) is 14.2 Å². The fourth-order valence-electron chi connectivity index (χ4n) is 3.83. The molecule has 0 N–H and O–H groups in total. The average Bonchev–Trinajstić information content (AvgIpc) is 2.78. The zero-order valence-corrected chi connectivity index (χ0v) is 17.8. The van der Waals surface area contributed by atoms with Gasteiger partial charge in [0.05, 0.1) is 7.11 Å². The van der Waals surface area contributed by atoms with Crippen LogP contribution in [0.3, 0.4) is 0 Å². The van der Waals surface area contributed by atoms with Crippen LogP contribution in [-0.2, 0) is 28.6 Å². The van der Waals surface area contributed by atoms with Gasteiger partial charge in [-0.3, -0.25) is 9.36 Å². The highest BCUT2D eigenvalue weighted by atomic mass is 31.2. The third kappa shape index (κ3) is 3.64. The lowest BCUT2D eigenvalue weighted by molar-refractivity contribution is -0.148. The summed E-state index contributed by atoms with van der Waals surface area (Å²) in [5, 5.41) is 0. The predicted octanol–water partition coefficient (Wildman–Crippen LogP) is 5.01. The topological polar surface area (TPSA) is 71.1 Å². The Bertz CT molecular complexity index is 930. The van der Waals surface area contributed by atoms with Gasteiger partial charge in [-0.25, -0.2) is 0 Å². The summed E-state index contributed by atoms with van der Waals surface area (Å²) in [4.78, 5) is 13.4. The van der Waals surface area contributed by atoms with E-state index in [4.69, 9.17) is 18.5 Å². The zero-order valence-electron chi connectivity index (χ0n) is 17.0. The molecule has 0 spiro atoms. The van der Waals surface area contributed by atoms with Gasteiger partial charge in [-0.15, -0.1) is 0 Å². The van der Waals surface area contributed by atoms with Gasteiger partial charge in [-0.2, -0.15) is 0 Å². The fourth-order valence-corrected chi connectivity index (χ4v) is 4.86. The highest BCUT2D eigenvalue weighted by Crippen LogP contribution is 2.60. The standard InChI is InChI=1S/C22H25O6P/c1-5-22(17-11-13-18(25-2)14-12-17)19(16-9-7-6-8-10-16)15-20(28-21(22)23)29(24,26-3)27-4/h6-15,19H,5H2,1-4H3/t19-,22+/m1/s1. The maximum atomic E-state index is 13.4. The third-order valence-electron chi connectivity index (χ3n) is 5.47. The van der Waals surface area contributed by atoms with E-state index >= 15 is 0 Å². The first-order chi connectivity index (χ1) is 13.9. The molecule has 2 aromatic rings. The minimum atomic E-state index is -3.72. The Hall–Kier alpha value is -2.40. The molecule has 1 aliphatic rings. The number of carbonyl (C=O) groups is 1. The molecule has 0 fully saturated rings. The maximum absolute atomic E-state index is 13.4. The van der Waals surface area contributed by atoms with E-state index in [-0.39, 0.29) is 5.50 Å². The Morgan fingerprint density at radius 1 is 1.00 bits per heavy atom. The van der Waals surface area contributed by atoms with Gasteiger partial charge in [-0.05, 0) is 35.8 Å². The average molecular weight is 416 g/mol. The van der Waals surface area contributed by atoms with E-state index in [1.807, 2.05) is 61.5 Å². The number of hydrogen-bond acceptors (Lipinski definition) is 6. The number of carbonyl (C=O) groups excluding carboxylic acids is 1. The summed E-state index contributed by atoms with van der Waals surface area (Å²) in [7, 11) is 0.398. The van der Waals surface area contributed by atoms with Crippen LogP contribution in [-0.4, -0.2) is 27.3 Å². The van der Waals surface area contributed by atoms with Crippen molar-refractivity contribution in [3.63, 3.8) is 0 Å². The van der Waals surface area contributed by atoms with Gasteiger partial charge < -0.3 is 18.5 Å². The highest BCUT2D eigenvalue weighted by Gasteiger charge is 2.52. The van der Waals surface area contributed by atoms with Crippen LogP contribution in [0.1, 0.15) is 30.4 Å². The number of ether oxygens (including phenoxy) is 2. The lowest BCUT2D eigenvalue weighted by atomic mass is 9.65. The van der Waals surface area contributed by atoms with Gasteiger partial charge in [0.25, 0.3) is 0 Å². The number of allylic oxidation sites excluding steroid dienone is 1. The molecule has 0 unspecified atom stereocenters. The van der Waals surface area contributed by atoms with Crippen molar-refractivity contribution < 1.29 is 27.9 Å². The first-order valence-electron chi connectivity index (χ1n) is 9.30. The van der Waals surface area contributed by atoms with E-state index in [2.05, 4.69) is 0 Å². The number of cyclic esters (lactones) is 1. The van der Waals surface area contributed by atoms with Crippen LogP contribution in [0.5, 0.6) is 5.75 Å². The van der Waals surface area contributed by atoms with Crippen LogP contribution in [0.25, 0.3) is 0 Å². The van der Waals surface area contributed by atoms with Crippen LogP contribution in [0.2, 0.25) is 0 Å². The SMILES string of the molecule is CC[C@@]1(c2ccc(OC)cc2)C(=O)OC(P(=O)(OC)OC)=C[C@@H]1c1ccccc1. The lowest BCUT2D eigenvalue weighted by Gasteiger charge is -2.41. The normalized spacial score (nSPS) is 22.0. The smallest absolute Gasteiger partial charge is 0.395 e. The van der Waals surface area contributed by atoms with Gasteiger partial charge in [0.2, 0.25) is 5.50 Å². The van der Waals surface area contributed by atoms with Crippen molar-refractivity contribution in [3.05, 3.63) is 77.3 Å². The Morgan fingerprint density at radius 3 is 2.14 bits per heavy atom. The molecule has 7 heteroatoms. The quantitative estimate of drug-likeness (QED) is 0.467. The summed E-state index contributed by atoms with van der Waals surface area (Å²) >= 11 is 0. The summed E-state index contributed by atoms with van der Waals surface area (Å²) < 4.78 is 33.9. The van der Waals surface area contributed by atoms with Gasteiger partial charge in [0.1, 0.15) is 11.2 Å². The number of rotatable bonds is 7. The summed E-state index contributed by atoms with van der Waals surface area (Å²) in [5.41, 5.74) is 0.611. The molecule has 0 radical (unpaired) electrons. The summed E-state index contributed by atoms with van der Waals surface area (Å²) in [6, 6.07) is 17.0. The monoisotopic (exact) mass is 416 g/mol. The van der Waals surface area contributed by atoms with Crippen LogP contribution in [0, 0.1) is 0 Å². The van der Waals surface area contributed by atoms with Crippen molar-refractivity contribution in [1.82, 2.24) is 0 Å². The molecule has 0 saturated carbocycles. The van der Waals surface area contributed by atoms with Crippen LogP contribution >= 0.6 is 7.60 Å². The van der Waals surface area contributed by atoms with Crippen molar-refractivity contribution in [2.45, 2.75) is 24.7 Å². The summed E-state index contributed by atoms with van der Waals surface area (Å²) in [5.74, 6) is -0.220. The molecule has 0 saturated heterocycles. The van der Waals surface area contributed by atoms with Gasteiger partial charge in [-0.1, -0.05) is 49.4 Å². The molecule has 0 aliphatic carbocycles. The van der Waals surface area contributed by atoms with Gasteiger partial charge >= 0.3 is 13.6 Å². The molecular weight excluding hydrogens is 391 g/mol. The fraction of sp³-hybridized carbons (Fsp3) is 0.318. The second-order valence-electron chi connectivity index (χ2n) is 6.70. The number of esters is 1. The van der Waals surface area contributed by atoms with Crippen LogP contribution in [0.4, 0.5) is 0 Å². The van der Waals surface area contributed by atoms with E-state index in [9.17, 15) is 9.36 Å². The largest absolute Gasteiger partial charge is 0.497 e. The van der Waals surface area contributed by atoms with Crippen molar-refractivity contribution in [2.75, 3.05) is 21.3 Å². The number of methoxy groups -OCH3 is 1. The molecule has 6 nitrogen and oxygen atoms in total. The molecule has 1 heterocycles. The molecule has 2 atom stereocenters. The predicted molar refractivity (Wildman–Crippen MR) is 110 cm³/mol. The molecule has 0 aromatic heterocycles. The minimum absolute atomic E-state index is 0.0843. The Morgan fingerprint density at radius 2 is 1.62 bits per heavy atom. The molecule has 2 aromatic carbocycles. The van der Waals surface area contributed by atoms with Crippen molar-refractivity contribution in [1.29, 1.82) is 0 Å². The molecule has 0 amide bonds. The maximum Gasteiger partial charge on any atom is 0.395 e. The highest BCUT2D eigenvalue weighted by molar-refractivity contribution is 7.58. The van der Waals surface area contributed by atoms with Gasteiger partial charge in [0, 0.05) is 20.1 Å². The molecule has 3 rings (SSSR count).